The van der Waals surface area contributed by atoms with E-state index in [2.05, 4.69) is 24.1 Å². The van der Waals surface area contributed by atoms with E-state index in [9.17, 15) is 34.1 Å². The van der Waals surface area contributed by atoms with Crippen LogP contribution in [0.15, 0.2) is 0 Å². The molecular weight excluding hydrogens is 701 g/mol. The lowest BCUT2D eigenvalue weighted by molar-refractivity contribution is -0.441. The van der Waals surface area contributed by atoms with Crippen molar-refractivity contribution in [2.24, 2.45) is 0 Å². The number of phosphoric acid groups is 1. The van der Waals surface area contributed by atoms with Gasteiger partial charge in [0.15, 0.2) is 6.10 Å². The number of carbonyl (C=O) groups is 3. The van der Waals surface area contributed by atoms with Crippen molar-refractivity contribution >= 4 is 25.7 Å². The van der Waals surface area contributed by atoms with Crippen molar-refractivity contribution < 1.29 is 58.3 Å². The Morgan fingerprint density at radius 3 is 1.40 bits per heavy atom. The molecule has 0 saturated heterocycles. The van der Waals surface area contributed by atoms with Crippen molar-refractivity contribution in [3.63, 3.8) is 0 Å². The van der Waals surface area contributed by atoms with Gasteiger partial charge in [-0.2, -0.15) is 0 Å². The van der Waals surface area contributed by atoms with E-state index in [0.717, 1.165) is 70.6 Å². The molecular formula is C40H77NO11P-. The molecule has 314 valence electrons. The first kappa shape index (κ1) is 51.4. The predicted molar refractivity (Wildman–Crippen MR) is 203 cm³/mol. The Hall–Kier alpha value is -1.56. The number of hydrogen-bond acceptors (Lipinski definition) is 11. The van der Waals surface area contributed by atoms with Gasteiger partial charge >= 0.3 is 11.9 Å². The first-order valence-corrected chi connectivity index (χ1v) is 22.6. The molecule has 0 aliphatic heterocycles. The molecule has 13 heteroatoms. The van der Waals surface area contributed by atoms with Crippen LogP contribution in [-0.4, -0.2) is 61.1 Å². The summed E-state index contributed by atoms with van der Waals surface area (Å²) in [6.45, 7) is 2.62. The number of aliphatic hydroxyl groups excluding tert-OH is 1. The third kappa shape index (κ3) is 35.9. The van der Waals surface area contributed by atoms with E-state index in [1.807, 2.05) is 0 Å². The van der Waals surface area contributed by atoms with Crippen LogP contribution in [-0.2, 0) is 37.5 Å². The number of ether oxygens (including phenoxy) is 2. The largest absolute Gasteiger partial charge is 0.756 e. The van der Waals surface area contributed by atoms with Gasteiger partial charge in [0, 0.05) is 12.8 Å². The molecule has 4 atom stereocenters. The van der Waals surface area contributed by atoms with Gasteiger partial charge in [0.25, 0.3) is 7.82 Å². The van der Waals surface area contributed by atoms with Gasteiger partial charge in [0.05, 0.1) is 12.7 Å². The summed E-state index contributed by atoms with van der Waals surface area (Å²) in [6.07, 6.45) is 28.7. The highest BCUT2D eigenvalue weighted by atomic mass is 31.2. The first-order chi connectivity index (χ1) is 25.5. The van der Waals surface area contributed by atoms with Crippen LogP contribution >= 0.6 is 7.82 Å². The second-order valence-corrected chi connectivity index (χ2v) is 16.1. The molecule has 0 heterocycles. The standard InChI is InChI=1S/C40H78NO11P/c1-3-5-7-9-11-12-13-14-15-16-17-22-26-30-38(43)49-32-36(33-50-53(47,48)51-34-37(41)40(45)46)52-39(44)31-27-23-19-18-21-25-29-35(42)28-24-20-10-8-6-4-2/h35-37,42H,3-34,41H2,1-2H3,(H,45,46)(H,47,48)/p-1/t35?,36-,37+/m1/s1. The van der Waals surface area contributed by atoms with Crippen molar-refractivity contribution in [3.05, 3.63) is 0 Å². The Morgan fingerprint density at radius 2 is 0.962 bits per heavy atom. The number of hydrogen-bond donors (Lipinski definition) is 2. The lowest BCUT2D eigenvalue weighted by Gasteiger charge is -2.26. The topological polar surface area (TPSA) is 199 Å². The van der Waals surface area contributed by atoms with Crippen molar-refractivity contribution in [1.82, 2.24) is 0 Å². The zero-order valence-electron chi connectivity index (χ0n) is 33.5. The van der Waals surface area contributed by atoms with Crippen LogP contribution in [0, 0.1) is 0 Å². The second-order valence-electron chi connectivity index (χ2n) is 14.7. The molecule has 0 aromatic rings. The minimum Gasteiger partial charge on any atom is -0.756 e. The van der Waals surface area contributed by atoms with Crippen molar-refractivity contribution in [3.8, 4) is 0 Å². The monoisotopic (exact) mass is 779 g/mol. The van der Waals surface area contributed by atoms with Gasteiger partial charge in [-0.25, -0.2) is 0 Å². The minimum absolute atomic E-state index is 0.112. The molecule has 0 aromatic carbocycles. The maximum Gasteiger partial charge on any atom is 0.306 e. The predicted octanol–water partition coefficient (Wildman–Crippen LogP) is 7.02. The number of quaternary nitrogens is 1. The lowest BCUT2D eigenvalue weighted by Crippen LogP contribution is -2.70. The number of carboxylic acids is 1. The summed E-state index contributed by atoms with van der Waals surface area (Å²) < 4.78 is 32.3. The van der Waals surface area contributed by atoms with E-state index in [1.165, 1.54) is 89.9 Å². The maximum absolute atomic E-state index is 12.6. The van der Waals surface area contributed by atoms with E-state index in [4.69, 9.17) is 14.0 Å². The van der Waals surface area contributed by atoms with Gasteiger partial charge in [0.2, 0.25) is 0 Å². The highest BCUT2D eigenvalue weighted by molar-refractivity contribution is 7.45. The fourth-order valence-electron chi connectivity index (χ4n) is 6.03. The highest BCUT2D eigenvalue weighted by Gasteiger charge is 2.22. The summed E-state index contributed by atoms with van der Waals surface area (Å²) in [5.41, 5.74) is 3.23. The van der Waals surface area contributed by atoms with Gasteiger partial charge in [-0.15, -0.1) is 0 Å². The summed E-state index contributed by atoms with van der Waals surface area (Å²) in [5.74, 6) is -2.62. The number of carboxylic acid groups (broad SMARTS) is 1. The zero-order chi connectivity index (χ0) is 39.4. The van der Waals surface area contributed by atoms with Gasteiger partial charge in [0.1, 0.15) is 25.2 Å². The zero-order valence-corrected chi connectivity index (χ0v) is 34.4. The van der Waals surface area contributed by atoms with E-state index in [0.29, 0.717) is 12.8 Å². The molecule has 0 radical (unpaired) electrons. The molecule has 0 spiro atoms. The van der Waals surface area contributed by atoms with Gasteiger partial charge in [-0.05, 0) is 25.7 Å². The first-order valence-electron chi connectivity index (χ1n) is 21.2. The summed E-state index contributed by atoms with van der Waals surface area (Å²) in [7, 11) is -4.96. The van der Waals surface area contributed by atoms with E-state index >= 15 is 0 Å². The number of esters is 2. The van der Waals surface area contributed by atoms with Gasteiger partial charge in [-0.1, -0.05) is 162 Å². The van der Waals surface area contributed by atoms with E-state index in [1.54, 1.807) is 0 Å². The Balaban J connectivity index is 4.40. The molecule has 0 bridgehead atoms. The molecule has 0 aliphatic rings. The van der Waals surface area contributed by atoms with Crippen LogP contribution in [0.4, 0.5) is 0 Å². The fourth-order valence-corrected chi connectivity index (χ4v) is 6.81. The normalized spacial score (nSPS) is 14.4. The molecule has 53 heavy (non-hydrogen) atoms. The van der Waals surface area contributed by atoms with Crippen molar-refractivity contribution in [2.45, 2.75) is 218 Å². The number of aliphatic hydroxyl groups is 1. The number of aliphatic carboxylic acids is 1. The Labute approximate surface area is 321 Å². The highest BCUT2D eigenvalue weighted by Crippen LogP contribution is 2.38. The smallest absolute Gasteiger partial charge is 0.306 e. The fraction of sp³-hybridized carbons (Fsp3) is 0.925. The molecule has 4 N–H and O–H groups in total. The molecule has 12 nitrogen and oxygen atoms in total. The lowest BCUT2D eigenvalue weighted by atomic mass is 10.0. The third-order valence-electron chi connectivity index (χ3n) is 9.46. The minimum atomic E-state index is -4.96. The van der Waals surface area contributed by atoms with Crippen LogP contribution in [0.2, 0.25) is 0 Å². The molecule has 2 unspecified atom stereocenters. The average molecular weight is 779 g/mol. The van der Waals surface area contributed by atoms with Crippen LogP contribution in [0.1, 0.15) is 200 Å². The van der Waals surface area contributed by atoms with Gasteiger partial charge < -0.3 is 44.2 Å². The summed E-state index contributed by atoms with van der Waals surface area (Å²) in [6, 6.07) is -1.43. The number of carbonyl (C=O) groups excluding carboxylic acids is 3. The molecule has 0 saturated carbocycles. The Bertz CT molecular complexity index is 938. The van der Waals surface area contributed by atoms with Crippen LogP contribution < -0.4 is 15.7 Å². The van der Waals surface area contributed by atoms with Crippen LogP contribution in [0.25, 0.3) is 0 Å². The number of rotatable bonds is 40. The SMILES string of the molecule is CCCCCCCCCCCCCCCC(=O)OC[C@H](COP(=O)([O-])OC[C@H]([NH3+])C(=O)[O-])OC(=O)CCCCCCCCC(O)CCCCCCCC. The summed E-state index contributed by atoms with van der Waals surface area (Å²) in [5, 5.41) is 21.0. The Kier molecular flexibility index (Phi) is 35.0. The summed E-state index contributed by atoms with van der Waals surface area (Å²) >= 11 is 0. The molecule has 0 aromatic heterocycles. The number of phosphoric ester groups is 1. The summed E-state index contributed by atoms with van der Waals surface area (Å²) in [4.78, 5) is 48.0. The molecule has 0 fully saturated rings. The molecule has 0 rings (SSSR count). The van der Waals surface area contributed by atoms with Gasteiger partial charge in [-0.3, -0.25) is 14.2 Å². The second kappa shape index (κ2) is 36.1. The number of unbranched alkanes of at least 4 members (excludes halogenated alkanes) is 22. The van der Waals surface area contributed by atoms with Crippen LogP contribution in [0.3, 0.4) is 0 Å². The quantitative estimate of drug-likeness (QED) is 0.0368. The maximum atomic E-state index is 12.6. The third-order valence-corrected chi connectivity index (χ3v) is 10.4. The average Bonchev–Trinajstić information content (AvgIpc) is 3.12. The molecule has 0 aliphatic carbocycles. The van der Waals surface area contributed by atoms with E-state index < -0.39 is 51.1 Å². The van der Waals surface area contributed by atoms with Crippen molar-refractivity contribution in [1.29, 1.82) is 0 Å². The van der Waals surface area contributed by atoms with E-state index in [-0.39, 0.29) is 25.6 Å². The Morgan fingerprint density at radius 1 is 0.585 bits per heavy atom. The van der Waals surface area contributed by atoms with Crippen LogP contribution in [0.5, 0.6) is 0 Å². The molecule has 0 amide bonds. The van der Waals surface area contributed by atoms with Crippen molar-refractivity contribution in [2.75, 3.05) is 19.8 Å².